The van der Waals surface area contributed by atoms with Gasteiger partial charge in [-0.15, -0.1) is 6.58 Å². The number of carbonyl (C=O) groups excluding carboxylic acids is 1. The molecule has 0 atom stereocenters. The van der Waals surface area contributed by atoms with Gasteiger partial charge in [0, 0.05) is 44.2 Å². The molecular formula is C13H21N5OS2. The molecule has 0 aromatic carbocycles. The van der Waals surface area contributed by atoms with Crippen LogP contribution in [0.4, 0.5) is 10.9 Å². The maximum atomic E-state index is 12.1. The van der Waals surface area contributed by atoms with E-state index in [9.17, 15) is 4.79 Å². The molecule has 1 aliphatic heterocycles. The Labute approximate surface area is 133 Å². The smallest absolute Gasteiger partial charge is 0.265 e. The van der Waals surface area contributed by atoms with Crippen molar-refractivity contribution in [2.75, 3.05) is 54.9 Å². The summed E-state index contributed by atoms with van der Waals surface area (Å²) in [6.07, 6.45) is 1.85. The van der Waals surface area contributed by atoms with Crippen molar-refractivity contribution in [3.8, 4) is 0 Å². The van der Waals surface area contributed by atoms with E-state index in [1.54, 1.807) is 11.8 Å². The van der Waals surface area contributed by atoms with E-state index in [-0.39, 0.29) is 5.91 Å². The lowest BCUT2D eigenvalue weighted by atomic mass is 10.4. The van der Waals surface area contributed by atoms with Gasteiger partial charge < -0.3 is 21.3 Å². The van der Waals surface area contributed by atoms with Gasteiger partial charge in [0.05, 0.1) is 0 Å². The maximum Gasteiger partial charge on any atom is 0.265 e. The van der Waals surface area contributed by atoms with E-state index < -0.39 is 0 Å². The second-order valence-corrected chi connectivity index (χ2v) is 6.69. The van der Waals surface area contributed by atoms with E-state index in [0.29, 0.717) is 17.2 Å². The van der Waals surface area contributed by atoms with Gasteiger partial charge in [0.25, 0.3) is 5.91 Å². The van der Waals surface area contributed by atoms with Gasteiger partial charge >= 0.3 is 0 Å². The summed E-state index contributed by atoms with van der Waals surface area (Å²) in [5.41, 5.74) is 5.88. The summed E-state index contributed by atoms with van der Waals surface area (Å²) in [5.74, 6) is 1.95. The van der Waals surface area contributed by atoms with E-state index in [4.69, 9.17) is 5.73 Å². The third-order valence-electron chi connectivity index (χ3n) is 3.00. The molecule has 1 saturated heterocycles. The molecule has 1 aliphatic rings. The zero-order chi connectivity index (χ0) is 15.1. The van der Waals surface area contributed by atoms with E-state index in [1.165, 1.54) is 11.3 Å². The molecule has 116 valence electrons. The molecule has 1 aromatic heterocycles. The highest BCUT2D eigenvalue weighted by Crippen LogP contribution is 2.28. The van der Waals surface area contributed by atoms with Crippen LogP contribution in [0.2, 0.25) is 0 Å². The Hall–Kier alpha value is -1.25. The number of nitrogens with two attached hydrogens (primary N) is 1. The molecular weight excluding hydrogens is 306 g/mol. The molecule has 1 fully saturated rings. The number of piperazine rings is 1. The molecule has 21 heavy (non-hydrogen) atoms. The molecule has 0 unspecified atom stereocenters. The van der Waals surface area contributed by atoms with Crippen molar-refractivity contribution in [1.29, 1.82) is 0 Å². The molecule has 8 heteroatoms. The lowest BCUT2D eigenvalue weighted by Gasteiger charge is -2.26. The van der Waals surface area contributed by atoms with Crippen LogP contribution in [0.25, 0.3) is 0 Å². The first-order valence-electron chi connectivity index (χ1n) is 6.91. The Kier molecular flexibility index (Phi) is 6.34. The fraction of sp³-hybridized carbons (Fsp3) is 0.538. The van der Waals surface area contributed by atoms with Crippen LogP contribution in [-0.2, 0) is 0 Å². The summed E-state index contributed by atoms with van der Waals surface area (Å²) in [6.45, 7) is 7.94. The fourth-order valence-corrected chi connectivity index (χ4v) is 3.49. The number of amides is 1. The third kappa shape index (κ3) is 4.62. The topological polar surface area (TPSA) is 83.3 Å². The Bertz CT molecular complexity index is 485. The van der Waals surface area contributed by atoms with Gasteiger partial charge in [-0.1, -0.05) is 17.4 Å². The molecule has 0 radical (unpaired) electrons. The molecule has 1 amide bonds. The van der Waals surface area contributed by atoms with E-state index in [2.05, 4.69) is 27.1 Å². The van der Waals surface area contributed by atoms with Gasteiger partial charge in [0.1, 0.15) is 10.7 Å². The normalized spacial score (nSPS) is 15.0. The predicted octanol–water partition coefficient (Wildman–Crippen LogP) is 0.784. The zero-order valence-corrected chi connectivity index (χ0v) is 13.6. The monoisotopic (exact) mass is 327 g/mol. The van der Waals surface area contributed by atoms with Crippen molar-refractivity contribution in [1.82, 2.24) is 15.6 Å². The van der Waals surface area contributed by atoms with Crippen molar-refractivity contribution >= 4 is 40.0 Å². The summed E-state index contributed by atoms with van der Waals surface area (Å²) in [6, 6.07) is 0. The molecule has 4 N–H and O–H groups in total. The number of thiazole rings is 1. The first-order valence-corrected chi connectivity index (χ1v) is 8.88. The van der Waals surface area contributed by atoms with Crippen LogP contribution in [0, 0.1) is 0 Å². The van der Waals surface area contributed by atoms with Crippen molar-refractivity contribution in [3.63, 3.8) is 0 Å². The van der Waals surface area contributed by atoms with Gasteiger partial charge in [-0.25, -0.2) is 4.98 Å². The summed E-state index contributed by atoms with van der Waals surface area (Å²) in [7, 11) is 0. The number of hydrogen-bond acceptors (Lipinski definition) is 7. The second-order valence-electron chi connectivity index (χ2n) is 4.57. The summed E-state index contributed by atoms with van der Waals surface area (Å²) < 4.78 is 0. The molecule has 0 aliphatic carbocycles. The number of hydrogen-bond donors (Lipinski definition) is 3. The average molecular weight is 327 g/mol. The Balaban J connectivity index is 1.88. The highest BCUT2D eigenvalue weighted by Gasteiger charge is 2.20. The number of nitrogens with zero attached hydrogens (tertiary/aromatic N) is 2. The molecule has 1 aromatic rings. The number of rotatable bonds is 7. The van der Waals surface area contributed by atoms with E-state index >= 15 is 0 Å². The number of nitrogen functional groups attached to an aromatic ring is 1. The molecule has 6 nitrogen and oxygen atoms in total. The fourth-order valence-electron chi connectivity index (χ4n) is 1.96. The van der Waals surface area contributed by atoms with Gasteiger partial charge in [-0.05, 0) is 0 Å². The molecule has 0 spiro atoms. The maximum absolute atomic E-state index is 12.1. The molecule has 2 rings (SSSR count). The van der Waals surface area contributed by atoms with Crippen molar-refractivity contribution in [2.45, 2.75) is 0 Å². The first kappa shape index (κ1) is 16.1. The van der Waals surface area contributed by atoms with E-state index in [0.717, 1.165) is 42.8 Å². The average Bonchev–Trinajstić information content (AvgIpc) is 2.90. The minimum atomic E-state index is -0.134. The van der Waals surface area contributed by atoms with Crippen molar-refractivity contribution < 1.29 is 4.79 Å². The number of anilines is 2. The van der Waals surface area contributed by atoms with E-state index in [1.807, 2.05) is 6.08 Å². The third-order valence-corrected chi connectivity index (χ3v) is 5.10. The van der Waals surface area contributed by atoms with Crippen LogP contribution in [0.15, 0.2) is 12.7 Å². The summed E-state index contributed by atoms with van der Waals surface area (Å²) >= 11 is 3.10. The Morgan fingerprint density at radius 1 is 1.57 bits per heavy atom. The predicted molar refractivity (Wildman–Crippen MR) is 91.5 cm³/mol. The van der Waals surface area contributed by atoms with Crippen LogP contribution >= 0.6 is 23.1 Å². The Morgan fingerprint density at radius 3 is 3.05 bits per heavy atom. The largest absolute Gasteiger partial charge is 0.382 e. The van der Waals surface area contributed by atoms with Gasteiger partial charge in [-0.2, -0.15) is 11.8 Å². The van der Waals surface area contributed by atoms with Crippen molar-refractivity contribution in [2.24, 2.45) is 0 Å². The lowest BCUT2D eigenvalue weighted by Crippen LogP contribution is -2.43. The number of carbonyl (C=O) groups is 1. The van der Waals surface area contributed by atoms with Crippen molar-refractivity contribution in [3.05, 3.63) is 17.5 Å². The standard InChI is InChI=1S/C13H21N5OS2/c1-2-8-20-9-5-16-12(19)10-11(14)17-13(21-10)18-6-3-15-4-7-18/h2,15H,1,3-9,14H2,(H,16,19). The van der Waals surface area contributed by atoms with Crippen LogP contribution in [0.5, 0.6) is 0 Å². The first-order chi connectivity index (χ1) is 10.2. The summed E-state index contributed by atoms with van der Waals surface area (Å²) in [4.78, 5) is 19.1. The van der Waals surface area contributed by atoms with Crippen LogP contribution < -0.4 is 21.3 Å². The minimum Gasteiger partial charge on any atom is -0.382 e. The highest BCUT2D eigenvalue weighted by atomic mass is 32.2. The van der Waals surface area contributed by atoms with Crippen LogP contribution in [-0.4, -0.2) is 55.1 Å². The number of aromatic nitrogens is 1. The Morgan fingerprint density at radius 2 is 2.33 bits per heavy atom. The summed E-state index contributed by atoms with van der Waals surface area (Å²) in [5, 5.41) is 7.00. The molecule has 2 heterocycles. The zero-order valence-electron chi connectivity index (χ0n) is 11.9. The minimum absolute atomic E-state index is 0.134. The molecule has 0 saturated carbocycles. The van der Waals surface area contributed by atoms with Gasteiger partial charge in [0.15, 0.2) is 5.13 Å². The number of nitrogens with one attached hydrogen (secondary N) is 2. The second kappa shape index (κ2) is 8.26. The SMILES string of the molecule is C=CCSCCNC(=O)c1sc(N2CCNCC2)nc1N. The van der Waals surface area contributed by atoms with Gasteiger partial charge in [-0.3, -0.25) is 4.79 Å². The lowest BCUT2D eigenvalue weighted by molar-refractivity contribution is 0.0961. The quantitative estimate of drug-likeness (QED) is 0.507. The van der Waals surface area contributed by atoms with Crippen LogP contribution in [0.1, 0.15) is 9.67 Å². The van der Waals surface area contributed by atoms with Crippen LogP contribution in [0.3, 0.4) is 0 Å². The van der Waals surface area contributed by atoms with Gasteiger partial charge in [0.2, 0.25) is 0 Å². The highest BCUT2D eigenvalue weighted by molar-refractivity contribution is 7.99. The molecule has 0 bridgehead atoms. The number of thioether (sulfide) groups is 1.